The number of anilines is 3. The predicted molar refractivity (Wildman–Crippen MR) is 115 cm³/mol. The highest BCUT2D eigenvalue weighted by atomic mass is 16.5. The number of ether oxygens (including phenoxy) is 2. The van der Waals surface area contributed by atoms with Crippen molar-refractivity contribution in [3.8, 4) is 11.4 Å². The molecule has 160 valence electrons. The van der Waals surface area contributed by atoms with E-state index < -0.39 is 0 Å². The minimum absolute atomic E-state index is 0.161. The molecule has 9 nitrogen and oxygen atoms in total. The summed E-state index contributed by atoms with van der Waals surface area (Å²) in [5, 5.41) is 3.27. The average Bonchev–Trinajstić information content (AvgIpc) is 3.05. The molecule has 0 aliphatic carbocycles. The lowest BCUT2D eigenvalue weighted by Crippen LogP contribution is -2.48. The third-order valence-electron chi connectivity index (χ3n) is 5.62. The fourth-order valence-corrected chi connectivity index (χ4v) is 4.09. The lowest BCUT2D eigenvalue weighted by molar-refractivity contribution is -0.121. The van der Waals surface area contributed by atoms with Gasteiger partial charge >= 0.3 is 0 Å². The number of nitrogens with zero attached hydrogens (tertiary/aromatic N) is 5. The molecule has 3 aromatic rings. The molecule has 0 saturated carbocycles. The molecule has 0 radical (unpaired) electrons. The number of hydrogen-bond donors (Lipinski definition) is 1. The minimum Gasteiger partial charge on any atom is -0.494 e. The number of Topliss-reactive ketones (excluding diaryl/α,β-unsaturated/α-hetero) is 1. The summed E-state index contributed by atoms with van der Waals surface area (Å²) in [5.41, 5.74) is 3.49. The Morgan fingerprint density at radius 3 is 3.00 bits per heavy atom. The van der Waals surface area contributed by atoms with Crippen molar-refractivity contribution >= 4 is 23.2 Å². The number of rotatable bonds is 4. The van der Waals surface area contributed by atoms with Gasteiger partial charge in [-0.05, 0) is 25.5 Å². The van der Waals surface area contributed by atoms with Gasteiger partial charge < -0.3 is 24.3 Å². The number of hydrogen-bond acceptors (Lipinski definition) is 8. The van der Waals surface area contributed by atoms with Gasteiger partial charge in [-0.15, -0.1) is 0 Å². The number of benzene rings is 1. The van der Waals surface area contributed by atoms with Gasteiger partial charge in [-0.25, -0.2) is 9.97 Å². The SMILES string of the molecule is COc1cc(Nc2ncc3c(n2)N2CCCOCC2C(=O)C3)ccc1-n1cnc(C)c1. The highest BCUT2D eigenvalue weighted by Gasteiger charge is 2.35. The number of methoxy groups -OCH3 is 1. The van der Waals surface area contributed by atoms with E-state index >= 15 is 0 Å². The molecule has 2 aliphatic heterocycles. The summed E-state index contributed by atoms with van der Waals surface area (Å²) >= 11 is 0. The summed E-state index contributed by atoms with van der Waals surface area (Å²) in [6.07, 6.45) is 6.65. The molecular weight excluding hydrogens is 396 g/mol. The van der Waals surface area contributed by atoms with Gasteiger partial charge in [-0.3, -0.25) is 4.79 Å². The molecule has 1 aromatic carbocycles. The van der Waals surface area contributed by atoms with Gasteiger partial charge in [0.25, 0.3) is 0 Å². The fourth-order valence-electron chi connectivity index (χ4n) is 4.09. The minimum atomic E-state index is -0.268. The highest BCUT2D eigenvalue weighted by Crippen LogP contribution is 2.31. The Balaban J connectivity index is 1.43. The number of nitrogens with one attached hydrogen (secondary N) is 1. The third kappa shape index (κ3) is 3.72. The summed E-state index contributed by atoms with van der Waals surface area (Å²) in [5.74, 6) is 2.15. The van der Waals surface area contributed by atoms with Crippen LogP contribution in [0.1, 0.15) is 17.7 Å². The first-order valence-electron chi connectivity index (χ1n) is 10.3. The van der Waals surface area contributed by atoms with Crippen molar-refractivity contribution in [1.82, 2.24) is 19.5 Å². The lowest BCUT2D eigenvalue weighted by Gasteiger charge is -2.34. The van der Waals surface area contributed by atoms with E-state index in [9.17, 15) is 4.79 Å². The molecule has 2 aliphatic rings. The zero-order valence-electron chi connectivity index (χ0n) is 17.5. The second-order valence-electron chi connectivity index (χ2n) is 7.76. The molecular formula is C22H24N6O3. The lowest BCUT2D eigenvalue weighted by atomic mass is 9.99. The molecule has 4 heterocycles. The first-order chi connectivity index (χ1) is 15.1. The highest BCUT2D eigenvalue weighted by molar-refractivity contribution is 5.93. The number of aromatic nitrogens is 4. The van der Waals surface area contributed by atoms with E-state index in [1.165, 1.54) is 0 Å². The standard InChI is InChI=1S/C22H24N6O3/c1-14-11-27(13-24-14)17-5-4-16(9-20(17)30-2)25-22-23-10-15-8-19(29)18-12-31-7-3-6-28(18)21(15)26-22/h4-5,9-11,13,18H,3,6-8,12H2,1-2H3,(H,23,25,26). The maximum absolute atomic E-state index is 12.5. The summed E-state index contributed by atoms with van der Waals surface area (Å²) in [7, 11) is 1.64. The normalized spacial score (nSPS) is 18.2. The van der Waals surface area contributed by atoms with Crippen molar-refractivity contribution in [1.29, 1.82) is 0 Å². The number of aryl methyl sites for hydroxylation is 1. The Morgan fingerprint density at radius 2 is 2.19 bits per heavy atom. The van der Waals surface area contributed by atoms with E-state index in [0.717, 1.165) is 41.4 Å². The van der Waals surface area contributed by atoms with Crippen molar-refractivity contribution in [3.63, 3.8) is 0 Å². The van der Waals surface area contributed by atoms with Crippen molar-refractivity contribution < 1.29 is 14.3 Å². The Hall–Kier alpha value is -3.46. The van der Waals surface area contributed by atoms with Gasteiger partial charge in [0, 0.05) is 49.3 Å². The van der Waals surface area contributed by atoms with Crippen LogP contribution in [-0.4, -0.2) is 58.2 Å². The summed E-state index contributed by atoms with van der Waals surface area (Å²) in [6, 6.07) is 5.54. The second kappa shape index (κ2) is 7.99. The number of imidazole rings is 1. The maximum atomic E-state index is 12.5. The first-order valence-corrected chi connectivity index (χ1v) is 10.3. The molecule has 9 heteroatoms. The smallest absolute Gasteiger partial charge is 0.229 e. The van der Waals surface area contributed by atoms with E-state index in [1.807, 2.05) is 35.9 Å². The molecule has 31 heavy (non-hydrogen) atoms. The molecule has 1 atom stereocenters. The molecule has 0 spiro atoms. The van der Waals surface area contributed by atoms with Gasteiger partial charge in [0.15, 0.2) is 5.78 Å². The van der Waals surface area contributed by atoms with Gasteiger partial charge in [0.05, 0.1) is 31.4 Å². The van der Waals surface area contributed by atoms with Crippen LogP contribution in [0.15, 0.2) is 36.9 Å². The Labute approximate surface area is 180 Å². The topological polar surface area (TPSA) is 94.4 Å². The number of carbonyl (C=O) groups excluding carboxylic acids is 1. The van der Waals surface area contributed by atoms with Crippen LogP contribution in [-0.2, 0) is 16.0 Å². The number of fused-ring (bicyclic) bond motifs is 3. The monoisotopic (exact) mass is 420 g/mol. The van der Waals surface area contributed by atoms with Crippen molar-refractivity contribution in [3.05, 3.63) is 48.2 Å². The molecule has 1 fully saturated rings. The maximum Gasteiger partial charge on any atom is 0.229 e. The zero-order chi connectivity index (χ0) is 21.4. The molecule has 5 rings (SSSR count). The van der Waals surface area contributed by atoms with Crippen LogP contribution >= 0.6 is 0 Å². The van der Waals surface area contributed by atoms with Crippen molar-refractivity contribution in [2.75, 3.05) is 37.1 Å². The van der Waals surface area contributed by atoms with E-state index in [0.29, 0.717) is 31.3 Å². The van der Waals surface area contributed by atoms with Crippen molar-refractivity contribution in [2.45, 2.75) is 25.8 Å². The second-order valence-corrected chi connectivity index (χ2v) is 7.76. The Bertz CT molecular complexity index is 1130. The van der Waals surface area contributed by atoms with Crippen LogP contribution in [0.25, 0.3) is 5.69 Å². The Kier molecular flexibility index (Phi) is 5.03. The average molecular weight is 420 g/mol. The van der Waals surface area contributed by atoms with Gasteiger partial charge in [-0.1, -0.05) is 0 Å². The van der Waals surface area contributed by atoms with E-state index in [1.54, 1.807) is 19.6 Å². The van der Waals surface area contributed by atoms with E-state index in [2.05, 4.69) is 20.2 Å². The first kappa shape index (κ1) is 19.5. The largest absolute Gasteiger partial charge is 0.494 e. The van der Waals surface area contributed by atoms with Gasteiger partial charge in [0.2, 0.25) is 5.95 Å². The zero-order valence-corrected chi connectivity index (χ0v) is 17.5. The van der Waals surface area contributed by atoms with E-state index in [-0.39, 0.29) is 11.8 Å². The molecule has 1 unspecified atom stereocenters. The van der Waals surface area contributed by atoms with E-state index in [4.69, 9.17) is 14.5 Å². The molecule has 1 N–H and O–H groups in total. The Morgan fingerprint density at radius 1 is 1.29 bits per heavy atom. The number of ketones is 1. The van der Waals surface area contributed by atoms with Crippen LogP contribution in [0.3, 0.4) is 0 Å². The number of carbonyl (C=O) groups is 1. The van der Waals surface area contributed by atoms with Gasteiger partial charge in [-0.2, -0.15) is 4.98 Å². The van der Waals surface area contributed by atoms with Crippen molar-refractivity contribution in [2.24, 2.45) is 0 Å². The third-order valence-corrected chi connectivity index (χ3v) is 5.62. The molecule has 1 saturated heterocycles. The van der Waals surface area contributed by atoms with Crippen LogP contribution in [0.2, 0.25) is 0 Å². The molecule has 2 aromatic heterocycles. The summed E-state index contributed by atoms with van der Waals surface area (Å²) in [4.78, 5) is 28.1. The quantitative estimate of drug-likeness (QED) is 0.688. The van der Waals surface area contributed by atoms with Crippen LogP contribution < -0.4 is 15.0 Å². The fraction of sp³-hybridized carbons (Fsp3) is 0.364. The van der Waals surface area contributed by atoms with Crippen LogP contribution in [0.5, 0.6) is 5.75 Å². The van der Waals surface area contributed by atoms with Crippen LogP contribution in [0.4, 0.5) is 17.5 Å². The summed E-state index contributed by atoms with van der Waals surface area (Å²) < 4.78 is 13.1. The van der Waals surface area contributed by atoms with Crippen LogP contribution in [0, 0.1) is 6.92 Å². The van der Waals surface area contributed by atoms with Gasteiger partial charge in [0.1, 0.15) is 17.6 Å². The molecule has 0 bridgehead atoms. The molecule has 0 amide bonds. The summed E-state index contributed by atoms with van der Waals surface area (Å²) in [6.45, 7) is 3.76. The predicted octanol–water partition coefficient (Wildman–Crippen LogP) is 2.44.